The van der Waals surface area contributed by atoms with Gasteiger partial charge in [0.15, 0.2) is 11.6 Å². The van der Waals surface area contributed by atoms with Gasteiger partial charge in [-0.25, -0.2) is 9.97 Å². The van der Waals surface area contributed by atoms with Gasteiger partial charge < -0.3 is 25.4 Å². The number of fused-ring (bicyclic) bond motifs is 2. The SMILES string of the molecule is COc1ccc(Nc2ncnc(N3CC4(C)CC3CC(C)(C)C4)c2N)c(OC)c1. The second-order valence-corrected chi connectivity index (χ2v) is 9.49. The van der Waals surface area contributed by atoms with E-state index in [-0.39, 0.29) is 0 Å². The van der Waals surface area contributed by atoms with Crippen LogP contribution in [0.15, 0.2) is 24.5 Å². The van der Waals surface area contributed by atoms with Gasteiger partial charge in [-0.2, -0.15) is 0 Å². The molecule has 2 bridgehead atoms. The second kappa shape index (κ2) is 6.97. The normalized spacial score (nSPS) is 25.0. The summed E-state index contributed by atoms with van der Waals surface area (Å²) < 4.78 is 10.8. The van der Waals surface area contributed by atoms with Crippen LogP contribution >= 0.6 is 0 Å². The highest BCUT2D eigenvalue weighted by molar-refractivity contribution is 5.80. The molecule has 1 aromatic carbocycles. The summed E-state index contributed by atoms with van der Waals surface area (Å²) in [4.78, 5) is 11.4. The lowest BCUT2D eigenvalue weighted by Gasteiger charge is -2.39. The summed E-state index contributed by atoms with van der Waals surface area (Å²) in [6.07, 6.45) is 5.15. The number of benzene rings is 1. The minimum atomic E-state index is 0.302. The first-order chi connectivity index (χ1) is 13.7. The second-order valence-electron chi connectivity index (χ2n) is 9.49. The average Bonchev–Trinajstić information content (AvgIpc) is 2.92. The molecule has 0 amide bonds. The number of hydrogen-bond donors (Lipinski definition) is 2. The molecule has 2 aliphatic rings. The molecule has 7 heteroatoms. The van der Waals surface area contributed by atoms with Crippen LogP contribution in [0.25, 0.3) is 0 Å². The van der Waals surface area contributed by atoms with Gasteiger partial charge in [0, 0.05) is 18.7 Å². The summed E-state index contributed by atoms with van der Waals surface area (Å²) >= 11 is 0. The van der Waals surface area contributed by atoms with E-state index in [1.165, 1.54) is 12.8 Å². The highest BCUT2D eigenvalue weighted by Crippen LogP contribution is 2.54. The van der Waals surface area contributed by atoms with Gasteiger partial charge in [0.05, 0.1) is 19.9 Å². The molecule has 0 radical (unpaired) electrons. The Hall–Kier alpha value is -2.70. The largest absolute Gasteiger partial charge is 0.497 e. The Morgan fingerprint density at radius 2 is 1.93 bits per heavy atom. The molecule has 2 unspecified atom stereocenters. The van der Waals surface area contributed by atoms with E-state index in [4.69, 9.17) is 15.2 Å². The molecule has 2 heterocycles. The lowest BCUT2D eigenvalue weighted by molar-refractivity contribution is 0.136. The number of nitrogens with zero attached hydrogens (tertiary/aromatic N) is 3. The standard InChI is InChI=1S/C22H31N5O2/c1-21(2)9-14-10-22(3,11-21)12-27(14)20-18(23)19(24-13-25-20)26-16-7-6-15(28-4)8-17(16)29-5/h6-8,13-14H,9-12,23H2,1-5H3,(H,24,25,26). The molecular weight excluding hydrogens is 366 g/mol. The first-order valence-corrected chi connectivity index (χ1v) is 10.1. The number of anilines is 4. The number of nitrogens with two attached hydrogens (primary N) is 1. The van der Waals surface area contributed by atoms with Crippen LogP contribution in [-0.4, -0.2) is 36.8 Å². The zero-order chi connectivity index (χ0) is 20.8. The molecular formula is C22H31N5O2. The van der Waals surface area contributed by atoms with Crippen LogP contribution in [0.4, 0.5) is 23.0 Å². The Morgan fingerprint density at radius 1 is 1.14 bits per heavy atom. The Bertz CT molecular complexity index is 916. The third kappa shape index (κ3) is 3.66. The number of methoxy groups -OCH3 is 2. The summed E-state index contributed by atoms with van der Waals surface area (Å²) in [5, 5.41) is 3.31. The van der Waals surface area contributed by atoms with E-state index < -0.39 is 0 Å². The Kier molecular flexibility index (Phi) is 4.71. The van der Waals surface area contributed by atoms with Crippen LogP contribution in [0, 0.1) is 10.8 Å². The summed E-state index contributed by atoms with van der Waals surface area (Å²) in [7, 11) is 3.26. The number of nitrogens with one attached hydrogen (secondary N) is 1. The molecule has 1 aliphatic carbocycles. The molecule has 1 saturated heterocycles. The van der Waals surface area contributed by atoms with Gasteiger partial charge >= 0.3 is 0 Å². The van der Waals surface area contributed by atoms with E-state index in [1.54, 1.807) is 20.5 Å². The van der Waals surface area contributed by atoms with Crippen molar-refractivity contribution in [3.8, 4) is 11.5 Å². The fourth-order valence-electron chi connectivity index (χ4n) is 5.45. The number of aromatic nitrogens is 2. The summed E-state index contributed by atoms with van der Waals surface area (Å²) in [5.41, 5.74) is 8.54. The van der Waals surface area contributed by atoms with Gasteiger partial charge in [0.2, 0.25) is 0 Å². The molecule has 0 spiro atoms. The quantitative estimate of drug-likeness (QED) is 0.781. The van der Waals surface area contributed by atoms with Crippen LogP contribution in [0.3, 0.4) is 0 Å². The third-order valence-corrected chi connectivity index (χ3v) is 6.21. The van der Waals surface area contributed by atoms with Crippen LogP contribution in [0.1, 0.15) is 40.0 Å². The molecule has 156 valence electrons. The maximum atomic E-state index is 6.56. The maximum Gasteiger partial charge on any atom is 0.159 e. The van der Waals surface area contributed by atoms with Gasteiger partial charge in [-0.05, 0) is 42.2 Å². The first-order valence-electron chi connectivity index (χ1n) is 10.1. The molecule has 29 heavy (non-hydrogen) atoms. The van der Waals surface area contributed by atoms with Crippen molar-refractivity contribution >= 4 is 23.0 Å². The Labute approximate surface area is 172 Å². The van der Waals surface area contributed by atoms with Crippen molar-refractivity contribution in [2.24, 2.45) is 10.8 Å². The van der Waals surface area contributed by atoms with Gasteiger partial charge in [-0.15, -0.1) is 0 Å². The van der Waals surface area contributed by atoms with E-state index in [0.717, 1.165) is 30.2 Å². The van der Waals surface area contributed by atoms with Crippen molar-refractivity contribution < 1.29 is 9.47 Å². The highest BCUT2D eigenvalue weighted by atomic mass is 16.5. The van der Waals surface area contributed by atoms with E-state index in [2.05, 4.69) is 41.0 Å². The van der Waals surface area contributed by atoms with E-state index in [9.17, 15) is 0 Å². The van der Waals surface area contributed by atoms with Crippen molar-refractivity contribution in [2.45, 2.75) is 46.1 Å². The number of nitrogen functional groups attached to an aromatic ring is 1. The molecule has 2 fully saturated rings. The Balaban J connectivity index is 1.64. The maximum absolute atomic E-state index is 6.56. The fourth-order valence-corrected chi connectivity index (χ4v) is 5.45. The van der Waals surface area contributed by atoms with Crippen LogP contribution in [0.5, 0.6) is 11.5 Å². The van der Waals surface area contributed by atoms with Crippen LogP contribution in [-0.2, 0) is 0 Å². The molecule has 2 aromatic rings. The van der Waals surface area contributed by atoms with Crippen molar-refractivity contribution in [2.75, 3.05) is 36.7 Å². The third-order valence-electron chi connectivity index (χ3n) is 6.21. The van der Waals surface area contributed by atoms with Crippen molar-refractivity contribution in [1.29, 1.82) is 0 Å². The lowest BCUT2D eigenvalue weighted by Crippen LogP contribution is -2.35. The van der Waals surface area contributed by atoms with E-state index in [1.807, 2.05) is 18.2 Å². The average molecular weight is 398 g/mol. The number of ether oxygens (including phenoxy) is 2. The molecule has 4 rings (SSSR count). The van der Waals surface area contributed by atoms with Gasteiger partial charge in [-0.1, -0.05) is 20.8 Å². The van der Waals surface area contributed by atoms with Crippen LogP contribution in [0.2, 0.25) is 0 Å². The van der Waals surface area contributed by atoms with Gasteiger partial charge in [-0.3, -0.25) is 0 Å². The predicted octanol–water partition coefficient (Wildman–Crippen LogP) is 4.22. The van der Waals surface area contributed by atoms with E-state index >= 15 is 0 Å². The summed E-state index contributed by atoms with van der Waals surface area (Å²) in [6, 6.07) is 6.05. The topological polar surface area (TPSA) is 85.5 Å². The summed E-state index contributed by atoms with van der Waals surface area (Å²) in [6.45, 7) is 8.10. The zero-order valence-electron chi connectivity index (χ0n) is 18.0. The molecule has 3 N–H and O–H groups in total. The van der Waals surface area contributed by atoms with Crippen molar-refractivity contribution in [3.63, 3.8) is 0 Å². The lowest BCUT2D eigenvalue weighted by atomic mass is 9.65. The van der Waals surface area contributed by atoms with Crippen LogP contribution < -0.4 is 25.4 Å². The van der Waals surface area contributed by atoms with Crippen molar-refractivity contribution in [3.05, 3.63) is 24.5 Å². The molecule has 7 nitrogen and oxygen atoms in total. The Morgan fingerprint density at radius 3 is 2.66 bits per heavy atom. The summed E-state index contributed by atoms with van der Waals surface area (Å²) in [5.74, 6) is 2.80. The molecule has 1 aliphatic heterocycles. The number of hydrogen-bond acceptors (Lipinski definition) is 7. The minimum Gasteiger partial charge on any atom is -0.497 e. The van der Waals surface area contributed by atoms with Crippen molar-refractivity contribution in [1.82, 2.24) is 9.97 Å². The number of rotatable bonds is 5. The first kappa shape index (κ1) is 19.6. The van der Waals surface area contributed by atoms with E-state index in [0.29, 0.717) is 34.1 Å². The monoisotopic (exact) mass is 397 g/mol. The minimum absolute atomic E-state index is 0.302. The van der Waals surface area contributed by atoms with Gasteiger partial charge in [0.25, 0.3) is 0 Å². The predicted molar refractivity (Wildman–Crippen MR) is 116 cm³/mol. The highest BCUT2D eigenvalue weighted by Gasteiger charge is 2.50. The molecule has 1 saturated carbocycles. The molecule has 2 atom stereocenters. The molecule has 1 aromatic heterocycles. The fraction of sp³-hybridized carbons (Fsp3) is 0.545. The van der Waals surface area contributed by atoms with Gasteiger partial charge in [0.1, 0.15) is 23.5 Å². The zero-order valence-corrected chi connectivity index (χ0v) is 18.0. The smallest absolute Gasteiger partial charge is 0.159 e.